The first kappa shape index (κ1) is 20.8. The standard InChI is InChI=1S/C22H17ClN6O4/c23-14-3-1-5-16(9-14)28-21-18(11-24-28)20(13-7-8-13)26-27(22(21)31)12-19(30)25-15-4-2-6-17(10-15)29(32)33/h1-6,9-11,13H,7-8,12H2,(H,25,30). The number of non-ortho nitro benzene ring substituents is 1. The van der Waals surface area contributed by atoms with E-state index < -0.39 is 16.4 Å². The lowest BCUT2D eigenvalue weighted by molar-refractivity contribution is -0.384. The number of nitrogens with zero attached hydrogens (tertiary/aromatic N) is 5. The van der Waals surface area contributed by atoms with Crippen LogP contribution in [0.5, 0.6) is 0 Å². The molecule has 0 saturated heterocycles. The van der Waals surface area contributed by atoms with E-state index in [1.54, 1.807) is 30.5 Å². The molecular weight excluding hydrogens is 448 g/mol. The Morgan fingerprint density at radius 1 is 1.21 bits per heavy atom. The van der Waals surface area contributed by atoms with Gasteiger partial charge in [-0.25, -0.2) is 9.36 Å². The number of hydrogen-bond acceptors (Lipinski definition) is 6. The summed E-state index contributed by atoms with van der Waals surface area (Å²) in [4.78, 5) is 36.4. The molecule has 33 heavy (non-hydrogen) atoms. The number of amides is 1. The number of nitro groups is 1. The van der Waals surface area contributed by atoms with Crippen molar-refractivity contribution in [1.82, 2.24) is 19.6 Å². The predicted molar refractivity (Wildman–Crippen MR) is 122 cm³/mol. The predicted octanol–water partition coefficient (Wildman–Crippen LogP) is 3.66. The number of anilines is 1. The van der Waals surface area contributed by atoms with Gasteiger partial charge in [0.1, 0.15) is 12.1 Å². The fraction of sp³-hybridized carbons (Fsp3) is 0.182. The fourth-order valence-corrected chi connectivity index (χ4v) is 3.88. The number of nitro benzene ring substituents is 1. The van der Waals surface area contributed by atoms with Crippen LogP contribution in [0.4, 0.5) is 11.4 Å². The summed E-state index contributed by atoms with van der Waals surface area (Å²) in [6.07, 6.45) is 3.51. The first-order valence-corrected chi connectivity index (χ1v) is 10.6. The smallest absolute Gasteiger partial charge is 0.293 e. The number of rotatable bonds is 6. The van der Waals surface area contributed by atoms with Crippen molar-refractivity contribution < 1.29 is 9.72 Å². The number of nitrogens with one attached hydrogen (secondary N) is 1. The van der Waals surface area contributed by atoms with Gasteiger partial charge in [0.15, 0.2) is 0 Å². The van der Waals surface area contributed by atoms with Crippen LogP contribution in [0.1, 0.15) is 24.5 Å². The number of hydrogen-bond donors (Lipinski definition) is 1. The van der Waals surface area contributed by atoms with Crippen LogP contribution < -0.4 is 10.9 Å². The molecule has 4 aromatic rings. The summed E-state index contributed by atoms with van der Waals surface area (Å²) in [7, 11) is 0. The van der Waals surface area contributed by atoms with E-state index in [0.29, 0.717) is 21.6 Å². The number of carbonyl (C=O) groups excluding carboxylic acids is 1. The molecule has 2 heterocycles. The highest BCUT2D eigenvalue weighted by molar-refractivity contribution is 6.30. The molecule has 1 fully saturated rings. The summed E-state index contributed by atoms with van der Waals surface area (Å²) in [5, 5.41) is 23.6. The van der Waals surface area contributed by atoms with Crippen molar-refractivity contribution in [2.24, 2.45) is 0 Å². The average Bonchev–Trinajstić information content (AvgIpc) is 3.53. The SMILES string of the molecule is O=C(Cn1nc(C2CC2)c2cnn(-c3cccc(Cl)c3)c2c1=O)Nc1cccc([N+](=O)[O-])c1. The fourth-order valence-electron chi connectivity index (χ4n) is 3.70. The van der Waals surface area contributed by atoms with Crippen LogP contribution in [0.3, 0.4) is 0 Å². The van der Waals surface area contributed by atoms with Gasteiger partial charge in [-0.2, -0.15) is 10.2 Å². The molecule has 1 aliphatic rings. The van der Waals surface area contributed by atoms with Crippen LogP contribution in [0.15, 0.2) is 59.5 Å². The van der Waals surface area contributed by atoms with E-state index >= 15 is 0 Å². The minimum absolute atomic E-state index is 0.147. The van der Waals surface area contributed by atoms with Crippen molar-refractivity contribution in [1.29, 1.82) is 0 Å². The summed E-state index contributed by atoms with van der Waals surface area (Å²) >= 11 is 6.12. The van der Waals surface area contributed by atoms with Gasteiger partial charge in [0.25, 0.3) is 11.2 Å². The highest BCUT2D eigenvalue weighted by atomic mass is 35.5. The Hall–Kier alpha value is -4.05. The third kappa shape index (κ3) is 4.08. The van der Waals surface area contributed by atoms with Crippen molar-refractivity contribution in [3.63, 3.8) is 0 Å². The van der Waals surface area contributed by atoms with Gasteiger partial charge in [-0.3, -0.25) is 19.7 Å². The second kappa shape index (κ2) is 8.14. The summed E-state index contributed by atoms with van der Waals surface area (Å²) in [5.41, 5.74) is 1.30. The lowest BCUT2D eigenvalue weighted by atomic mass is 10.2. The van der Waals surface area contributed by atoms with E-state index in [0.717, 1.165) is 23.2 Å². The van der Waals surface area contributed by atoms with Gasteiger partial charge in [-0.1, -0.05) is 23.7 Å². The van der Waals surface area contributed by atoms with Crippen LogP contribution in [0.2, 0.25) is 5.02 Å². The van der Waals surface area contributed by atoms with Gasteiger partial charge in [-0.15, -0.1) is 0 Å². The molecule has 1 saturated carbocycles. The molecule has 11 heteroatoms. The molecule has 0 spiro atoms. The van der Waals surface area contributed by atoms with Gasteiger partial charge in [0.05, 0.1) is 22.5 Å². The minimum Gasteiger partial charge on any atom is -0.324 e. The second-order valence-electron chi connectivity index (χ2n) is 7.78. The van der Waals surface area contributed by atoms with E-state index in [9.17, 15) is 19.7 Å². The topological polar surface area (TPSA) is 125 Å². The lowest BCUT2D eigenvalue weighted by Gasteiger charge is -2.10. The molecule has 0 aliphatic heterocycles. The first-order valence-electron chi connectivity index (χ1n) is 10.2. The summed E-state index contributed by atoms with van der Waals surface area (Å²) in [6.45, 7) is -0.349. The molecular formula is C22H17ClN6O4. The Labute approximate surface area is 191 Å². The highest BCUT2D eigenvalue weighted by Crippen LogP contribution is 2.41. The van der Waals surface area contributed by atoms with E-state index in [4.69, 9.17) is 11.6 Å². The van der Waals surface area contributed by atoms with Gasteiger partial charge < -0.3 is 5.32 Å². The van der Waals surface area contributed by atoms with E-state index in [1.807, 2.05) is 0 Å². The number of halogens is 1. The molecule has 1 aliphatic carbocycles. The molecule has 5 rings (SSSR count). The minimum atomic E-state index is -0.547. The zero-order valence-corrected chi connectivity index (χ0v) is 17.9. The van der Waals surface area contributed by atoms with Gasteiger partial charge in [-0.05, 0) is 37.1 Å². The average molecular weight is 465 g/mol. The first-order chi connectivity index (χ1) is 15.9. The number of carbonyl (C=O) groups is 1. The number of benzene rings is 2. The van der Waals surface area contributed by atoms with Gasteiger partial charge >= 0.3 is 0 Å². The summed E-state index contributed by atoms with van der Waals surface area (Å²) in [6, 6.07) is 12.6. The Balaban J connectivity index is 1.53. The third-order valence-electron chi connectivity index (χ3n) is 5.36. The summed E-state index contributed by atoms with van der Waals surface area (Å²) in [5.74, 6) is -0.323. The van der Waals surface area contributed by atoms with E-state index in [1.165, 1.54) is 28.9 Å². The van der Waals surface area contributed by atoms with Gasteiger partial charge in [0, 0.05) is 34.1 Å². The maximum absolute atomic E-state index is 13.3. The van der Waals surface area contributed by atoms with Crippen molar-refractivity contribution >= 4 is 39.8 Å². The Bertz CT molecular complexity index is 1470. The highest BCUT2D eigenvalue weighted by Gasteiger charge is 2.30. The maximum atomic E-state index is 13.3. The van der Waals surface area contributed by atoms with Crippen LogP contribution >= 0.6 is 11.6 Å². The molecule has 0 radical (unpaired) electrons. The molecule has 2 aromatic heterocycles. The quantitative estimate of drug-likeness (QED) is 0.343. The number of aromatic nitrogens is 4. The molecule has 0 atom stereocenters. The largest absolute Gasteiger partial charge is 0.324 e. The van der Waals surface area contributed by atoms with Crippen LogP contribution in [0.25, 0.3) is 16.6 Å². The Morgan fingerprint density at radius 3 is 2.73 bits per heavy atom. The Kier molecular flexibility index (Phi) is 5.14. The van der Waals surface area contributed by atoms with Crippen molar-refractivity contribution in [3.8, 4) is 5.69 Å². The van der Waals surface area contributed by atoms with Crippen molar-refractivity contribution in [2.45, 2.75) is 25.3 Å². The molecule has 0 unspecified atom stereocenters. The van der Waals surface area contributed by atoms with Crippen LogP contribution in [-0.2, 0) is 11.3 Å². The van der Waals surface area contributed by atoms with Crippen molar-refractivity contribution in [3.05, 3.63) is 85.9 Å². The molecule has 10 nitrogen and oxygen atoms in total. The molecule has 1 amide bonds. The summed E-state index contributed by atoms with van der Waals surface area (Å²) < 4.78 is 2.62. The van der Waals surface area contributed by atoms with E-state index in [2.05, 4.69) is 15.5 Å². The van der Waals surface area contributed by atoms with Crippen molar-refractivity contribution in [2.75, 3.05) is 5.32 Å². The zero-order valence-electron chi connectivity index (χ0n) is 17.1. The monoisotopic (exact) mass is 464 g/mol. The molecule has 1 N–H and O–H groups in total. The molecule has 0 bridgehead atoms. The number of fused-ring (bicyclic) bond motifs is 1. The normalized spacial score (nSPS) is 13.2. The second-order valence-corrected chi connectivity index (χ2v) is 8.21. The van der Waals surface area contributed by atoms with Crippen LogP contribution in [0, 0.1) is 10.1 Å². The maximum Gasteiger partial charge on any atom is 0.293 e. The molecule has 2 aromatic carbocycles. The lowest BCUT2D eigenvalue weighted by Crippen LogP contribution is -2.31. The molecule has 166 valence electrons. The van der Waals surface area contributed by atoms with Gasteiger partial charge in [0.2, 0.25) is 5.91 Å². The third-order valence-corrected chi connectivity index (χ3v) is 5.60. The van der Waals surface area contributed by atoms with Crippen LogP contribution in [-0.4, -0.2) is 30.4 Å². The zero-order chi connectivity index (χ0) is 23.1. The van der Waals surface area contributed by atoms with E-state index in [-0.39, 0.29) is 23.8 Å². The Morgan fingerprint density at radius 2 is 2.00 bits per heavy atom.